The van der Waals surface area contributed by atoms with Crippen LogP contribution in [0.2, 0.25) is 0 Å². The number of nitrogens with zero attached hydrogens (tertiary/aromatic N) is 2. The molecule has 1 fully saturated rings. The molecule has 23 heavy (non-hydrogen) atoms. The van der Waals surface area contributed by atoms with Gasteiger partial charge in [-0.3, -0.25) is 5.43 Å². The molecule has 2 N–H and O–H groups in total. The highest BCUT2D eigenvalue weighted by molar-refractivity contribution is 7.80. The lowest BCUT2D eigenvalue weighted by Crippen LogP contribution is -2.23. The lowest BCUT2D eigenvalue weighted by molar-refractivity contribution is 0.949. The second kappa shape index (κ2) is 7.74. The first-order valence-corrected chi connectivity index (χ1v) is 8.22. The molecule has 0 radical (unpaired) electrons. The van der Waals surface area contributed by atoms with Crippen molar-refractivity contribution in [2.75, 3.05) is 23.3 Å². The topological polar surface area (TPSA) is 39.7 Å². The van der Waals surface area contributed by atoms with Crippen LogP contribution >= 0.6 is 12.2 Å². The molecule has 1 aliphatic heterocycles. The molecule has 0 saturated carbocycles. The number of hydrazone groups is 1. The summed E-state index contributed by atoms with van der Waals surface area (Å²) in [6.45, 7) is 2.32. The first kappa shape index (κ1) is 15.5. The number of para-hydroxylation sites is 1. The van der Waals surface area contributed by atoms with Crippen molar-refractivity contribution in [1.82, 2.24) is 5.43 Å². The van der Waals surface area contributed by atoms with E-state index in [4.69, 9.17) is 12.2 Å². The molecule has 0 atom stereocenters. The van der Waals surface area contributed by atoms with E-state index in [1.54, 1.807) is 6.21 Å². The fourth-order valence-corrected chi connectivity index (χ4v) is 2.76. The van der Waals surface area contributed by atoms with E-state index in [1.165, 1.54) is 18.5 Å². The minimum Gasteiger partial charge on any atom is -0.372 e. The minimum atomic E-state index is 0.473. The van der Waals surface area contributed by atoms with Crippen LogP contribution in [-0.4, -0.2) is 24.4 Å². The van der Waals surface area contributed by atoms with Gasteiger partial charge in [-0.25, -0.2) is 0 Å². The van der Waals surface area contributed by atoms with E-state index in [0.717, 1.165) is 24.3 Å². The van der Waals surface area contributed by atoms with Crippen LogP contribution in [-0.2, 0) is 0 Å². The van der Waals surface area contributed by atoms with Gasteiger partial charge in [0.05, 0.1) is 6.21 Å². The zero-order valence-corrected chi connectivity index (χ0v) is 13.7. The Bertz CT molecular complexity index is 661. The molecule has 118 valence electrons. The van der Waals surface area contributed by atoms with Gasteiger partial charge in [-0.2, -0.15) is 5.10 Å². The average Bonchev–Trinajstić information content (AvgIpc) is 3.11. The minimum absolute atomic E-state index is 0.473. The summed E-state index contributed by atoms with van der Waals surface area (Å²) in [4.78, 5) is 2.41. The Morgan fingerprint density at radius 2 is 1.70 bits per heavy atom. The Morgan fingerprint density at radius 1 is 1.00 bits per heavy atom. The van der Waals surface area contributed by atoms with E-state index in [9.17, 15) is 0 Å². The molecule has 0 spiro atoms. The monoisotopic (exact) mass is 324 g/mol. The first-order valence-electron chi connectivity index (χ1n) is 7.81. The summed E-state index contributed by atoms with van der Waals surface area (Å²) >= 11 is 5.20. The van der Waals surface area contributed by atoms with Crippen molar-refractivity contribution in [1.29, 1.82) is 0 Å². The predicted molar refractivity (Wildman–Crippen MR) is 101 cm³/mol. The number of benzene rings is 2. The Kier molecular flexibility index (Phi) is 5.21. The lowest BCUT2D eigenvalue weighted by atomic mass is 10.2. The summed E-state index contributed by atoms with van der Waals surface area (Å²) in [6.07, 6.45) is 4.35. The van der Waals surface area contributed by atoms with E-state index in [2.05, 4.69) is 45.0 Å². The summed E-state index contributed by atoms with van der Waals surface area (Å²) in [5.41, 5.74) is 6.10. The summed E-state index contributed by atoms with van der Waals surface area (Å²) in [5.74, 6) is 0. The van der Waals surface area contributed by atoms with Crippen molar-refractivity contribution in [3.05, 3.63) is 60.2 Å². The zero-order chi connectivity index (χ0) is 15.9. The van der Waals surface area contributed by atoms with Crippen LogP contribution in [0, 0.1) is 0 Å². The number of hydrogen-bond donors (Lipinski definition) is 2. The molecule has 4 nitrogen and oxygen atoms in total. The molecule has 0 amide bonds. The maximum atomic E-state index is 5.20. The smallest absolute Gasteiger partial charge is 0.191 e. The summed E-state index contributed by atoms with van der Waals surface area (Å²) in [6, 6.07) is 18.2. The Morgan fingerprint density at radius 3 is 2.39 bits per heavy atom. The third kappa shape index (κ3) is 4.53. The van der Waals surface area contributed by atoms with Crippen molar-refractivity contribution in [2.45, 2.75) is 12.8 Å². The normalized spacial score (nSPS) is 14.2. The summed E-state index contributed by atoms with van der Waals surface area (Å²) in [7, 11) is 0. The lowest BCUT2D eigenvalue weighted by Gasteiger charge is -2.17. The van der Waals surface area contributed by atoms with Crippen molar-refractivity contribution in [2.24, 2.45) is 5.10 Å². The first-order chi connectivity index (χ1) is 11.3. The quantitative estimate of drug-likeness (QED) is 0.512. The molecule has 0 aliphatic carbocycles. The van der Waals surface area contributed by atoms with Gasteiger partial charge in [0.2, 0.25) is 0 Å². The van der Waals surface area contributed by atoms with Gasteiger partial charge in [0.1, 0.15) is 0 Å². The fourth-order valence-electron chi connectivity index (χ4n) is 2.59. The van der Waals surface area contributed by atoms with E-state index in [1.807, 2.05) is 30.3 Å². The van der Waals surface area contributed by atoms with Gasteiger partial charge in [0, 0.05) is 24.5 Å². The van der Waals surface area contributed by atoms with Crippen LogP contribution in [0.25, 0.3) is 0 Å². The van der Waals surface area contributed by atoms with Crippen molar-refractivity contribution in [3.8, 4) is 0 Å². The maximum Gasteiger partial charge on any atom is 0.191 e. The van der Waals surface area contributed by atoms with Gasteiger partial charge >= 0.3 is 0 Å². The van der Waals surface area contributed by atoms with Gasteiger partial charge in [0.25, 0.3) is 0 Å². The predicted octanol–water partition coefficient (Wildman–Crippen LogP) is 3.61. The molecule has 3 rings (SSSR count). The Labute approximate surface area is 142 Å². The molecule has 1 aliphatic rings. The molecule has 1 saturated heterocycles. The number of anilines is 2. The largest absolute Gasteiger partial charge is 0.372 e. The maximum absolute atomic E-state index is 5.20. The molecule has 0 bridgehead atoms. The van der Waals surface area contributed by atoms with Gasteiger partial charge in [-0.05, 0) is 54.9 Å². The van der Waals surface area contributed by atoms with E-state index < -0.39 is 0 Å². The van der Waals surface area contributed by atoms with Crippen LogP contribution in [0.15, 0.2) is 59.7 Å². The Hall–Kier alpha value is -2.40. The molecular weight excluding hydrogens is 304 g/mol. The van der Waals surface area contributed by atoms with Crippen LogP contribution in [0.4, 0.5) is 11.4 Å². The third-order valence-electron chi connectivity index (χ3n) is 3.78. The zero-order valence-electron chi connectivity index (χ0n) is 12.9. The van der Waals surface area contributed by atoms with Gasteiger partial charge in [-0.1, -0.05) is 30.3 Å². The molecule has 0 unspecified atom stereocenters. The SMILES string of the molecule is S=C(N/N=C/c1ccc(N2CCCC2)cc1)Nc1ccccc1. The van der Waals surface area contributed by atoms with Crippen LogP contribution < -0.4 is 15.6 Å². The van der Waals surface area contributed by atoms with Crippen LogP contribution in [0.1, 0.15) is 18.4 Å². The van der Waals surface area contributed by atoms with E-state index >= 15 is 0 Å². The number of thiocarbonyl (C=S) groups is 1. The summed E-state index contributed by atoms with van der Waals surface area (Å²) in [5, 5.41) is 7.72. The van der Waals surface area contributed by atoms with Crippen LogP contribution in [0.5, 0.6) is 0 Å². The van der Waals surface area contributed by atoms with E-state index in [0.29, 0.717) is 5.11 Å². The highest BCUT2D eigenvalue weighted by atomic mass is 32.1. The number of rotatable bonds is 4. The van der Waals surface area contributed by atoms with Gasteiger partial charge < -0.3 is 10.2 Å². The van der Waals surface area contributed by atoms with E-state index in [-0.39, 0.29) is 0 Å². The summed E-state index contributed by atoms with van der Waals surface area (Å²) < 4.78 is 0. The van der Waals surface area contributed by atoms with Gasteiger partial charge in [0.15, 0.2) is 5.11 Å². The van der Waals surface area contributed by atoms with Crippen molar-refractivity contribution < 1.29 is 0 Å². The fraction of sp³-hybridized carbons (Fsp3) is 0.222. The third-order valence-corrected chi connectivity index (χ3v) is 3.97. The number of nitrogens with one attached hydrogen (secondary N) is 2. The highest BCUT2D eigenvalue weighted by Gasteiger charge is 2.11. The second-order valence-electron chi connectivity index (χ2n) is 5.48. The molecule has 2 aromatic rings. The molecule has 5 heteroatoms. The molecule has 1 heterocycles. The molecular formula is C18H20N4S. The molecule has 2 aromatic carbocycles. The number of hydrogen-bond acceptors (Lipinski definition) is 3. The standard InChI is InChI=1S/C18H20N4S/c23-18(20-16-6-2-1-3-7-16)21-19-14-15-8-10-17(11-9-15)22-12-4-5-13-22/h1-3,6-11,14H,4-5,12-13H2,(H2,20,21,23)/b19-14+. The Balaban J connectivity index is 1.50. The van der Waals surface area contributed by atoms with Crippen molar-refractivity contribution >= 4 is 34.9 Å². The van der Waals surface area contributed by atoms with Crippen molar-refractivity contribution in [3.63, 3.8) is 0 Å². The van der Waals surface area contributed by atoms with Crippen LogP contribution in [0.3, 0.4) is 0 Å². The second-order valence-corrected chi connectivity index (χ2v) is 5.88. The average molecular weight is 324 g/mol. The molecule has 0 aromatic heterocycles. The highest BCUT2D eigenvalue weighted by Crippen LogP contribution is 2.19. The van der Waals surface area contributed by atoms with Gasteiger partial charge in [-0.15, -0.1) is 0 Å².